The largest absolute Gasteiger partial charge is 0.364 e. The van der Waals surface area contributed by atoms with Crippen LogP contribution in [0.3, 0.4) is 0 Å². The molecule has 2 heterocycles. The Morgan fingerprint density at radius 2 is 1.89 bits per heavy atom. The number of carbonyl (C=O) groups excluding carboxylic acids is 1. The van der Waals surface area contributed by atoms with Crippen molar-refractivity contribution in [3.8, 4) is 0 Å². The lowest BCUT2D eigenvalue weighted by atomic mass is 10.0. The normalized spacial score (nSPS) is 17.2. The fraction of sp³-hybridized carbons (Fsp3) is 0.522. The minimum absolute atomic E-state index is 0.164. The third kappa shape index (κ3) is 4.05. The second-order valence-corrected chi connectivity index (χ2v) is 8.31. The summed E-state index contributed by atoms with van der Waals surface area (Å²) in [6.45, 7) is 7.21. The molecule has 2 aliphatic rings. The van der Waals surface area contributed by atoms with Crippen LogP contribution in [0.1, 0.15) is 55.3 Å². The van der Waals surface area contributed by atoms with Crippen molar-refractivity contribution in [1.29, 1.82) is 0 Å². The summed E-state index contributed by atoms with van der Waals surface area (Å²) in [7, 11) is 0. The Balaban J connectivity index is 1.41. The minimum atomic E-state index is 0.164. The van der Waals surface area contributed by atoms with E-state index in [-0.39, 0.29) is 5.91 Å². The van der Waals surface area contributed by atoms with Gasteiger partial charge in [-0.25, -0.2) is 0 Å². The molecule has 1 aliphatic heterocycles. The molecule has 1 N–H and O–H groups in total. The van der Waals surface area contributed by atoms with Gasteiger partial charge in [-0.05, 0) is 61.6 Å². The number of nitrogens with zero attached hydrogens (tertiary/aromatic N) is 2. The van der Waals surface area contributed by atoms with Gasteiger partial charge in [0.2, 0.25) is 5.91 Å². The topological polar surface area (TPSA) is 37.3 Å². The molecule has 0 bridgehead atoms. The fourth-order valence-electron chi connectivity index (χ4n) is 4.69. The van der Waals surface area contributed by atoms with E-state index in [4.69, 9.17) is 0 Å². The first kappa shape index (κ1) is 18.1. The Labute approximate surface area is 162 Å². The molecule has 4 rings (SSSR count). The predicted octanol–water partition coefficient (Wildman–Crippen LogP) is 5.03. The number of amides is 1. The molecule has 1 saturated carbocycles. The number of anilines is 2. The van der Waals surface area contributed by atoms with Crippen molar-refractivity contribution in [3.63, 3.8) is 0 Å². The van der Waals surface area contributed by atoms with Gasteiger partial charge < -0.3 is 14.8 Å². The SMILES string of the molecule is Cc1cc(N2CCn3cccc3C2)cc(C)c1NC(=O)CCC1CCCC1. The van der Waals surface area contributed by atoms with Crippen LogP contribution in [0.2, 0.25) is 0 Å². The number of aromatic nitrogens is 1. The summed E-state index contributed by atoms with van der Waals surface area (Å²) in [6, 6.07) is 8.76. The highest BCUT2D eigenvalue weighted by molar-refractivity contribution is 5.92. The van der Waals surface area contributed by atoms with Crippen LogP contribution in [0.25, 0.3) is 0 Å². The average Bonchev–Trinajstić information content (AvgIpc) is 3.33. The van der Waals surface area contributed by atoms with Gasteiger partial charge in [0.15, 0.2) is 0 Å². The molecule has 1 aliphatic carbocycles. The van der Waals surface area contributed by atoms with Crippen LogP contribution in [-0.2, 0) is 17.9 Å². The number of rotatable bonds is 5. The molecule has 2 aromatic rings. The zero-order chi connectivity index (χ0) is 18.8. The zero-order valence-corrected chi connectivity index (χ0v) is 16.6. The lowest BCUT2D eigenvalue weighted by molar-refractivity contribution is -0.116. The Bertz CT molecular complexity index is 794. The monoisotopic (exact) mass is 365 g/mol. The summed E-state index contributed by atoms with van der Waals surface area (Å²) in [5.41, 5.74) is 5.91. The van der Waals surface area contributed by atoms with Gasteiger partial charge in [0.25, 0.3) is 0 Å². The van der Waals surface area contributed by atoms with Gasteiger partial charge in [-0.15, -0.1) is 0 Å². The smallest absolute Gasteiger partial charge is 0.224 e. The highest BCUT2D eigenvalue weighted by Crippen LogP contribution is 2.31. The van der Waals surface area contributed by atoms with Crippen molar-refractivity contribution >= 4 is 17.3 Å². The van der Waals surface area contributed by atoms with Gasteiger partial charge in [-0.2, -0.15) is 0 Å². The van der Waals surface area contributed by atoms with Gasteiger partial charge in [-0.1, -0.05) is 25.7 Å². The number of carbonyl (C=O) groups is 1. The second-order valence-electron chi connectivity index (χ2n) is 8.31. The minimum Gasteiger partial charge on any atom is -0.364 e. The van der Waals surface area contributed by atoms with E-state index < -0.39 is 0 Å². The highest BCUT2D eigenvalue weighted by atomic mass is 16.1. The van der Waals surface area contributed by atoms with Crippen LogP contribution in [-0.4, -0.2) is 17.0 Å². The maximum atomic E-state index is 12.4. The Morgan fingerprint density at radius 3 is 2.63 bits per heavy atom. The molecule has 1 aromatic heterocycles. The lowest BCUT2D eigenvalue weighted by Gasteiger charge is -2.31. The maximum absolute atomic E-state index is 12.4. The standard InChI is InChI=1S/C23H31N3O/c1-17-14-21(26-13-12-25-11-5-8-20(25)16-26)15-18(2)23(17)24-22(27)10-9-19-6-3-4-7-19/h5,8,11,14-15,19H,3-4,6-7,9-10,12-13,16H2,1-2H3,(H,24,27). The van der Waals surface area contributed by atoms with Gasteiger partial charge in [-0.3, -0.25) is 4.79 Å². The summed E-state index contributed by atoms with van der Waals surface area (Å²) in [6.07, 6.45) is 9.14. The van der Waals surface area contributed by atoms with E-state index >= 15 is 0 Å². The molecular formula is C23H31N3O. The highest BCUT2D eigenvalue weighted by Gasteiger charge is 2.19. The van der Waals surface area contributed by atoms with E-state index in [9.17, 15) is 4.79 Å². The number of aryl methyl sites for hydroxylation is 2. The van der Waals surface area contributed by atoms with Crippen molar-refractivity contribution in [2.45, 2.75) is 65.5 Å². The summed E-state index contributed by atoms with van der Waals surface area (Å²) in [4.78, 5) is 14.9. The van der Waals surface area contributed by atoms with Crippen LogP contribution < -0.4 is 10.2 Å². The quantitative estimate of drug-likeness (QED) is 0.806. The van der Waals surface area contributed by atoms with Crippen molar-refractivity contribution in [2.75, 3.05) is 16.8 Å². The van der Waals surface area contributed by atoms with E-state index in [0.717, 1.165) is 48.8 Å². The molecule has 4 heteroatoms. The maximum Gasteiger partial charge on any atom is 0.224 e. The Hall–Kier alpha value is -2.23. The predicted molar refractivity (Wildman–Crippen MR) is 111 cm³/mol. The number of fused-ring (bicyclic) bond motifs is 1. The van der Waals surface area contributed by atoms with E-state index in [1.807, 2.05) is 0 Å². The van der Waals surface area contributed by atoms with E-state index in [0.29, 0.717) is 6.42 Å². The van der Waals surface area contributed by atoms with Crippen LogP contribution >= 0.6 is 0 Å². The van der Waals surface area contributed by atoms with Crippen molar-refractivity contribution in [2.24, 2.45) is 5.92 Å². The van der Waals surface area contributed by atoms with Crippen LogP contribution in [0.4, 0.5) is 11.4 Å². The number of hydrogen-bond acceptors (Lipinski definition) is 2. The first-order valence-corrected chi connectivity index (χ1v) is 10.4. The van der Waals surface area contributed by atoms with Crippen molar-refractivity contribution in [1.82, 2.24) is 4.57 Å². The van der Waals surface area contributed by atoms with E-state index in [1.165, 1.54) is 37.1 Å². The van der Waals surface area contributed by atoms with Crippen molar-refractivity contribution in [3.05, 3.63) is 47.3 Å². The Morgan fingerprint density at radius 1 is 1.15 bits per heavy atom. The molecule has 0 unspecified atom stereocenters. The summed E-state index contributed by atoms with van der Waals surface area (Å²) < 4.78 is 2.33. The summed E-state index contributed by atoms with van der Waals surface area (Å²) >= 11 is 0. The molecule has 27 heavy (non-hydrogen) atoms. The van der Waals surface area contributed by atoms with E-state index in [2.05, 4.69) is 59.1 Å². The molecule has 0 radical (unpaired) electrons. The summed E-state index contributed by atoms with van der Waals surface area (Å²) in [5, 5.41) is 3.18. The molecule has 1 aromatic carbocycles. The third-order valence-electron chi connectivity index (χ3n) is 6.29. The third-order valence-corrected chi connectivity index (χ3v) is 6.29. The Kier molecular flexibility index (Phi) is 5.24. The molecule has 0 spiro atoms. The number of hydrogen-bond donors (Lipinski definition) is 1. The van der Waals surface area contributed by atoms with Crippen molar-refractivity contribution < 1.29 is 4.79 Å². The van der Waals surface area contributed by atoms with Crippen LogP contribution in [0.5, 0.6) is 0 Å². The molecule has 1 amide bonds. The number of benzene rings is 1. The summed E-state index contributed by atoms with van der Waals surface area (Å²) in [5.74, 6) is 0.926. The molecule has 0 saturated heterocycles. The number of nitrogens with one attached hydrogen (secondary N) is 1. The fourth-order valence-corrected chi connectivity index (χ4v) is 4.69. The van der Waals surface area contributed by atoms with Gasteiger partial charge in [0.05, 0.1) is 6.54 Å². The first-order valence-electron chi connectivity index (χ1n) is 10.4. The first-order chi connectivity index (χ1) is 13.1. The van der Waals surface area contributed by atoms with Crippen LogP contribution in [0, 0.1) is 19.8 Å². The van der Waals surface area contributed by atoms with Gasteiger partial charge in [0.1, 0.15) is 0 Å². The lowest BCUT2D eigenvalue weighted by Crippen LogP contribution is -2.33. The molecular weight excluding hydrogens is 334 g/mol. The zero-order valence-electron chi connectivity index (χ0n) is 16.6. The second kappa shape index (κ2) is 7.79. The molecule has 4 nitrogen and oxygen atoms in total. The van der Waals surface area contributed by atoms with Gasteiger partial charge in [0, 0.05) is 42.8 Å². The van der Waals surface area contributed by atoms with Crippen LogP contribution in [0.15, 0.2) is 30.5 Å². The van der Waals surface area contributed by atoms with E-state index in [1.54, 1.807) is 0 Å². The molecule has 144 valence electrons. The molecule has 0 atom stereocenters. The van der Waals surface area contributed by atoms with Gasteiger partial charge >= 0.3 is 0 Å². The molecule has 1 fully saturated rings. The average molecular weight is 366 g/mol.